The average molecular weight is 509 g/mol. The maximum atomic E-state index is 13.6. The van der Waals surface area contributed by atoms with Gasteiger partial charge in [-0.25, -0.2) is 18.0 Å². The molecule has 0 spiro atoms. The quantitative estimate of drug-likeness (QED) is 0.630. The summed E-state index contributed by atoms with van der Waals surface area (Å²) in [6.07, 6.45) is 0.884. The first kappa shape index (κ1) is 26.3. The van der Waals surface area contributed by atoms with Crippen molar-refractivity contribution in [2.24, 2.45) is 4.40 Å². The number of hydrogen-bond donors (Lipinski definition) is 1. The highest BCUT2D eigenvalue weighted by Crippen LogP contribution is 2.37. The molecule has 1 N–H and O–H groups in total. The minimum Gasteiger partial charge on any atom is -0.493 e. The van der Waals surface area contributed by atoms with E-state index in [4.69, 9.17) is 14.2 Å². The molecule has 11 nitrogen and oxygen atoms in total. The first-order valence-electron chi connectivity index (χ1n) is 11.1. The van der Waals surface area contributed by atoms with Gasteiger partial charge in [0.1, 0.15) is 5.60 Å². The van der Waals surface area contributed by atoms with Crippen molar-refractivity contribution >= 4 is 16.1 Å². The highest BCUT2D eigenvalue weighted by molar-refractivity contribution is 7.89. The third-order valence-corrected chi connectivity index (χ3v) is 5.89. The SMILES string of the molecule is COc1cc2c(cc1OC)-c1c/c(=N\S(C)(=O)=O)n(C(C)CNC(=O)OC(C)(C)C)c(=O)n1CC2. The van der Waals surface area contributed by atoms with Gasteiger partial charge in [0, 0.05) is 24.7 Å². The molecule has 1 unspecified atom stereocenters. The summed E-state index contributed by atoms with van der Waals surface area (Å²) in [5.74, 6) is 1.05. The topological polar surface area (TPSA) is 130 Å². The van der Waals surface area contributed by atoms with Crippen molar-refractivity contribution in [2.45, 2.75) is 52.3 Å². The first-order chi connectivity index (χ1) is 16.2. The Hall–Kier alpha value is -3.28. The summed E-state index contributed by atoms with van der Waals surface area (Å²) in [5, 5.41) is 2.63. The van der Waals surface area contributed by atoms with Gasteiger partial charge in [-0.2, -0.15) is 0 Å². The molecule has 3 rings (SSSR count). The zero-order valence-electron chi connectivity index (χ0n) is 21.0. The number of hydrogen-bond acceptors (Lipinski definition) is 7. The first-order valence-corrected chi connectivity index (χ1v) is 12.9. The summed E-state index contributed by atoms with van der Waals surface area (Å²) in [4.78, 5) is 25.7. The Bertz CT molecular complexity index is 1370. The monoisotopic (exact) mass is 508 g/mol. The molecule has 1 aliphatic rings. The van der Waals surface area contributed by atoms with Crippen LogP contribution in [-0.4, -0.2) is 56.3 Å². The van der Waals surface area contributed by atoms with Crippen LogP contribution in [0.25, 0.3) is 11.3 Å². The molecule has 35 heavy (non-hydrogen) atoms. The lowest BCUT2D eigenvalue weighted by Gasteiger charge is -2.26. The molecule has 0 saturated carbocycles. The number of alkyl carbamates (subject to hydrolysis) is 1. The number of sulfonamides is 1. The van der Waals surface area contributed by atoms with Gasteiger partial charge in [0.05, 0.1) is 32.2 Å². The lowest BCUT2D eigenvalue weighted by molar-refractivity contribution is 0.0520. The number of carbonyl (C=O) groups excluding carboxylic acids is 1. The average Bonchev–Trinajstić information content (AvgIpc) is 2.74. The zero-order valence-corrected chi connectivity index (χ0v) is 21.9. The van der Waals surface area contributed by atoms with Crippen LogP contribution in [0.1, 0.15) is 39.3 Å². The van der Waals surface area contributed by atoms with Gasteiger partial charge in [0.25, 0.3) is 10.0 Å². The van der Waals surface area contributed by atoms with Gasteiger partial charge in [-0.15, -0.1) is 4.40 Å². The Balaban J connectivity index is 2.14. The normalized spacial score (nSPS) is 14.5. The number of amides is 1. The molecule has 1 atom stereocenters. The Kier molecular flexibility index (Phi) is 7.34. The van der Waals surface area contributed by atoms with Crippen LogP contribution >= 0.6 is 0 Å². The van der Waals surface area contributed by atoms with Crippen LogP contribution in [0, 0.1) is 0 Å². The van der Waals surface area contributed by atoms with Crippen LogP contribution in [0.3, 0.4) is 0 Å². The number of aryl methyl sites for hydroxylation is 1. The largest absolute Gasteiger partial charge is 0.493 e. The standard InChI is InChI=1S/C23H32N4O7S/c1-14(13-24-21(28)34-23(2,3)4)27-20(25-35(7,30)31)12-17-16-11-19(33-6)18(32-5)10-15(16)8-9-26(17)22(27)29/h10-12,14H,8-9,13H2,1-7H3,(H,24,28)/b25-20+. The number of methoxy groups -OCH3 is 2. The molecule has 1 aromatic heterocycles. The number of fused-ring (bicyclic) bond motifs is 3. The van der Waals surface area contributed by atoms with Crippen molar-refractivity contribution < 1.29 is 27.4 Å². The van der Waals surface area contributed by atoms with Crippen molar-refractivity contribution in [2.75, 3.05) is 27.0 Å². The maximum absolute atomic E-state index is 13.6. The minimum atomic E-state index is -3.83. The summed E-state index contributed by atoms with van der Waals surface area (Å²) >= 11 is 0. The van der Waals surface area contributed by atoms with E-state index in [1.54, 1.807) is 51.5 Å². The van der Waals surface area contributed by atoms with Gasteiger partial charge >= 0.3 is 11.8 Å². The number of carbonyl (C=O) groups is 1. The number of nitrogens with one attached hydrogen (secondary N) is 1. The van der Waals surface area contributed by atoms with Gasteiger partial charge in [0.15, 0.2) is 17.0 Å². The van der Waals surface area contributed by atoms with Crippen molar-refractivity contribution in [3.05, 3.63) is 39.7 Å². The second-order valence-corrected chi connectivity index (χ2v) is 11.0. The molecule has 1 aliphatic heterocycles. The summed E-state index contributed by atoms with van der Waals surface area (Å²) in [7, 11) is -0.771. The predicted octanol–water partition coefficient (Wildman–Crippen LogP) is 1.84. The predicted molar refractivity (Wildman–Crippen MR) is 130 cm³/mol. The van der Waals surface area contributed by atoms with Crippen LogP contribution in [0.2, 0.25) is 0 Å². The van der Waals surface area contributed by atoms with E-state index in [0.29, 0.717) is 30.2 Å². The third kappa shape index (κ3) is 6.05. The number of nitrogens with zero attached hydrogens (tertiary/aromatic N) is 3. The van der Waals surface area contributed by atoms with E-state index in [0.717, 1.165) is 17.4 Å². The number of ether oxygens (including phenoxy) is 3. The van der Waals surface area contributed by atoms with Crippen molar-refractivity contribution in [1.29, 1.82) is 0 Å². The van der Waals surface area contributed by atoms with Crippen LogP contribution in [0.5, 0.6) is 11.5 Å². The lowest BCUT2D eigenvalue weighted by Crippen LogP contribution is -2.46. The van der Waals surface area contributed by atoms with E-state index in [2.05, 4.69) is 9.71 Å². The van der Waals surface area contributed by atoms with Gasteiger partial charge in [-0.05, 0) is 51.8 Å². The second-order valence-electron chi connectivity index (χ2n) is 9.36. The van der Waals surface area contributed by atoms with E-state index in [9.17, 15) is 18.0 Å². The minimum absolute atomic E-state index is 0.0298. The Morgan fingerprint density at radius 2 is 1.80 bits per heavy atom. The summed E-state index contributed by atoms with van der Waals surface area (Å²) in [5.41, 5.74) is 1.02. The van der Waals surface area contributed by atoms with Crippen LogP contribution in [-0.2, 0) is 27.7 Å². The molecule has 0 bridgehead atoms. The van der Waals surface area contributed by atoms with E-state index < -0.39 is 33.4 Å². The smallest absolute Gasteiger partial charge is 0.407 e. The molecule has 1 amide bonds. The molecule has 0 aliphatic carbocycles. The van der Waals surface area contributed by atoms with Gasteiger partial charge in [-0.3, -0.25) is 9.13 Å². The van der Waals surface area contributed by atoms with Crippen molar-refractivity contribution in [3.8, 4) is 22.8 Å². The van der Waals surface area contributed by atoms with Gasteiger partial charge in [0.2, 0.25) is 0 Å². The third-order valence-electron chi connectivity index (χ3n) is 5.37. The number of rotatable bonds is 6. The highest BCUT2D eigenvalue weighted by Gasteiger charge is 2.24. The molecule has 2 heterocycles. The molecular formula is C23H32N4O7S. The fourth-order valence-corrected chi connectivity index (χ4v) is 4.41. The molecule has 192 valence electrons. The molecule has 0 fully saturated rings. The van der Waals surface area contributed by atoms with Gasteiger partial charge < -0.3 is 19.5 Å². The van der Waals surface area contributed by atoms with Crippen molar-refractivity contribution in [3.63, 3.8) is 0 Å². The molecular weight excluding hydrogens is 476 g/mol. The van der Waals surface area contributed by atoms with Gasteiger partial charge in [-0.1, -0.05) is 0 Å². The Morgan fingerprint density at radius 3 is 2.37 bits per heavy atom. The van der Waals surface area contributed by atoms with Crippen LogP contribution in [0.15, 0.2) is 27.4 Å². The summed E-state index contributed by atoms with van der Waals surface area (Å²) in [6.45, 7) is 7.33. The van der Waals surface area contributed by atoms with Crippen LogP contribution in [0.4, 0.5) is 4.79 Å². The fraction of sp³-hybridized carbons (Fsp3) is 0.522. The maximum Gasteiger partial charge on any atom is 0.407 e. The summed E-state index contributed by atoms with van der Waals surface area (Å²) < 4.78 is 46.9. The van der Waals surface area contributed by atoms with E-state index in [1.807, 2.05) is 6.07 Å². The second kappa shape index (κ2) is 9.76. The molecule has 12 heteroatoms. The number of benzene rings is 1. The fourth-order valence-electron chi connectivity index (χ4n) is 3.93. The molecule has 2 aromatic rings. The lowest BCUT2D eigenvalue weighted by atomic mass is 9.97. The zero-order chi connectivity index (χ0) is 26.1. The highest BCUT2D eigenvalue weighted by atomic mass is 32.2. The molecule has 0 radical (unpaired) electrons. The molecule has 1 aromatic carbocycles. The van der Waals surface area contributed by atoms with E-state index in [1.165, 1.54) is 11.7 Å². The number of aromatic nitrogens is 2. The van der Waals surface area contributed by atoms with Crippen molar-refractivity contribution in [1.82, 2.24) is 14.5 Å². The Morgan fingerprint density at radius 1 is 1.17 bits per heavy atom. The summed E-state index contributed by atoms with van der Waals surface area (Å²) in [6, 6.07) is 4.57. The van der Waals surface area contributed by atoms with Crippen LogP contribution < -0.4 is 26.0 Å². The van der Waals surface area contributed by atoms with E-state index in [-0.39, 0.29) is 12.0 Å². The van der Waals surface area contributed by atoms with E-state index >= 15 is 0 Å². The Labute approximate surface area is 204 Å². The molecule has 0 saturated heterocycles.